The molecule has 1 amide bonds. The van der Waals surface area contributed by atoms with Crippen LogP contribution in [0.4, 0.5) is 13.2 Å². The van der Waals surface area contributed by atoms with E-state index in [0.29, 0.717) is 11.4 Å². The fourth-order valence-corrected chi connectivity index (χ4v) is 1.69. The van der Waals surface area contributed by atoms with E-state index in [1.807, 2.05) is 0 Å². The molecule has 0 bridgehead atoms. The number of hydrogen-bond acceptors (Lipinski definition) is 3. The topological polar surface area (TPSA) is 73.8 Å². The van der Waals surface area contributed by atoms with Crippen molar-refractivity contribution in [3.63, 3.8) is 0 Å². The lowest BCUT2D eigenvalue weighted by Gasteiger charge is -2.12. The lowest BCUT2D eigenvalue weighted by molar-refractivity contribution is -0.141. The number of nitrogens with zero attached hydrogens (tertiary/aromatic N) is 3. The lowest BCUT2D eigenvalue weighted by atomic mass is 10.2. The monoisotopic (exact) mass is 284 g/mol. The third-order valence-electron chi connectivity index (χ3n) is 2.91. The number of primary amides is 1. The first-order valence-electron chi connectivity index (χ1n) is 5.60. The zero-order chi connectivity index (χ0) is 15.1. The Balaban J connectivity index is 2.71. The third kappa shape index (κ3) is 2.36. The van der Waals surface area contributed by atoms with E-state index < -0.39 is 17.8 Å². The van der Waals surface area contributed by atoms with Gasteiger partial charge < -0.3 is 5.73 Å². The average molecular weight is 284 g/mol. The van der Waals surface area contributed by atoms with Crippen LogP contribution in [0.15, 0.2) is 18.5 Å². The summed E-state index contributed by atoms with van der Waals surface area (Å²) in [6.07, 6.45) is -3.30. The Morgan fingerprint density at radius 3 is 2.40 bits per heavy atom. The minimum atomic E-state index is -4.60. The van der Waals surface area contributed by atoms with Gasteiger partial charge in [-0.05, 0) is 26.0 Å². The molecule has 2 rings (SSSR count). The minimum absolute atomic E-state index is 0.0986. The Labute approximate surface area is 112 Å². The first-order valence-corrected chi connectivity index (χ1v) is 5.60. The molecule has 8 heteroatoms. The number of pyridine rings is 1. The number of aryl methyl sites for hydroxylation is 1. The first kappa shape index (κ1) is 14.0. The number of aromatic nitrogens is 3. The van der Waals surface area contributed by atoms with Gasteiger partial charge in [-0.1, -0.05) is 0 Å². The van der Waals surface area contributed by atoms with Crippen LogP contribution in [0.3, 0.4) is 0 Å². The minimum Gasteiger partial charge on any atom is -0.365 e. The summed E-state index contributed by atoms with van der Waals surface area (Å²) in [5.41, 5.74) is 5.19. The third-order valence-corrected chi connectivity index (χ3v) is 2.91. The van der Waals surface area contributed by atoms with Crippen LogP contribution >= 0.6 is 0 Å². The van der Waals surface area contributed by atoms with E-state index in [0.717, 1.165) is 12.1 Å². The number of carbonyl (C=O) groups is 1. The van der Waals surface area contributed by atoms with Gasteiger partial charge in [0.15, 0.2) is 5.82 Å². The van der Waals surface area contributed by atoms with Crippen LogP contribution in [-0.4, -0.2) is 20.4 Å². The van der Waals surface area contributed by atoms with Crippen LogP contribution in [-0.2, 0) is 6.18 Å². The van der Waals surface area contributed by atoms with Gasteiger partial charge in [0.1, 0.15) is 12.0 Å². The van der Waals surface area contributed by atoms with Crippen molar-refractivity contribution in [3.05, 3.63) is 41.1 Å². The van der Waals surface area contributed by atoms with E-state index in [9.17, 15) is 18.0 Å². The number of rotatable bonds is 2. The van der Waals surface area contributed by atoms with Crippen molar-refractivity contribution >= 4 is 5.91 Å². The van der Waals surface area contributed by atoms with Crippen molar-refractivity contribution in [2.24, 2.45) is 5.73 Å². The van der Waals surface area contributed by atoms with E-state index >= 15 is 0 Å². The van der Waals surface area contributed by atoms with Crippen molar-refractivity contribution < 1.29 is 18.0 Å². The predicted octanol–water partition coefficient (Wildman–Crippen LogP) is 2.00. The molecular weight excluding hydrogens is 273 g/mol. The number of amides is 1. The molecule has 0 spiro atoms. The SMILES string of the molecule is Cc1ncn(-c2nc(C(F)(F)F)ccc2C(N)=O)c1C. The fourth-order valence-electron chi connectivity index (χ4n) is 1.69. The van der Waals surface area contributed by atoms with E-state index in [4.69, 9.17) is 5.73 Å². The molecule has 0 aromatic carbocycles. The maximum Gasteiger partial charge on any atom is 0.433 e. The van der Waals surface area contributed by atoms with Gasteiger partial charge in [-0.2, -0.15) is 13.2 Å². The van der Waals surface area contributed by atoms with Crippen LogP contribution < -0.4 is 5.73 Å². The van der Waals surface area contributed by atoms with Gasteiger partial charge in [-0.15, -0.1) is 0 Å². The van der Waals surface area contributed by atoms with Gasteiger partial charge >= 0.3 is 6.18 Å². The van der Waals surface area contributed by atoms with Gasteiger partial charge in [0.2, 0.25) is 0 Å². The highest BCUT2D eigenvalue weighted by molar-refractivity contribution is 5.95. The van der Waals surface area contributed by atoms with Gasteiger partial charge in [0, 0.05) is 5.69 Å². The van der Waals surface area contributed by atoms with Crippen molar-refractivity contribution in [2.75, 3.05) is 0 Å². The van der Waals surface area contributed by atoms with Gasteiger partial charge in [0.05, 0.1) is 11.3 Å². The number of carbonyl (C=O) groups excluding carboxylic acids is 1. The highest BCUT2D eigenvalue weighted by atomic mass is 19.4. The molecule has 0 unspecified atom stereocenters. The van der Waals surface area contributed by atoms with Crippen LogP contribution in [0.5, 0.6) is 0 Å². The zero-order valence-corrected chi connectivity index (χ0v) is 10.7. The smallest absolute Gasteiger partial charge is 0.365 e. The molecule has 0 fully saturated rings. The second-order valence-electron chi connectivity index (χ2n) is 4.22. The Kier molecular flexibility index (Phi) is 3.24. The molecule has 2 N–H and O–H groups in total. The highest BCUT2D eigenvalue weighted by Crippen LogP contribution is 2.29. The molecule has 2 aromatic rings. The number of hydrogen-bond donors (Lipinski definition) is 1. The molecule has 20 heavy (non-hydrogen) atoms. The second-order valence-corrected chi connectivity index (χ2v) is 4.22. The van der Waals surface area contributed by atoms with Crippen LogP contribution in [0.2, 0.25) is 0 Å². The zero-order valence-electron chi connectivity index (χ0n) is 10.7. The number of halogens is 3. The molecule has 2 heterocycles. The fraction of sp³-hybridized carbons (Fsp3) is 0.250. The predicted molar refractivity (Wildman–Crippen MR) is 64.4 cm³/mol. The van der Waals surface area contributed by atoms with Crippen LogP contribution in [0.25, 0.3) is 5.82 Å². The van der Waals surface area contributed by atoms with E-state index in [-0.39, 0.29) is 11.4 Å². The standard InChI is InChI=1S/C12H11F3N4O/c1-6-7(2)19(5-17-6)11-8(10(16)20)3-4-9(18-11)12(13,14)15/h3-5H,1-2H3,(H2,16,20). The second kappa shape index (κ2) is 4.62. The summed E-state index contributed by atoms with van der Waals surface area (Å²) in [7, 11) is 0. The van der Waals surface area contributed by atoms with Gasteiger partial charge in [-0.3, -0.25) is 9.36 Å². The molecule has 0 saturated carbocycles. The van der Waals surface area contributed by atoms with E-state index in [1.165, 1.54) is 10.9 Å². The lowest BCUT2D eigenvalue weighted by Crippen LogP contribution is -2.19. The highest BCUT2D eigenvalue weighted by Gasteiger charge is 2.33. The molecule has 0 radical (unpaired) electrons. The summed E-state index contributed by atoms with van der Waals surface area (Å²) < 4.78 is 39.5. The quantitative estimate of drug-likeness (QED) is 0.916. The van der Waals surface area contributed by atoms with Crippen LogP contribution in [0, 0.1) is 13.8 Å². The number of imidazole rings is 1. The molecular formula is C12H11F3N4O. The average Bonchev–Trinajstić information content (AvgIpc) is 2.68. The van der Waals surface area contributed by atoms with E-state index in [2.05, 4.69) is 9.97 Å². The number of nitrogens with two attached hydrogens (primary N) is 1. The van der Waals surface area contributed by atoms with Crippen molar-refractivity contribution in [1.82, 2.24) is 14.5 Å². The van der Waals surface area contributed by atoms with Gasteiger partial charge in [-0.25, -0.2) is 9.97 Å². The molecule has 5 nitrogen and oxygen atoms in total. The van der Waals surface area contributed by atoms with Crippen molar-refractivity contribution in [1.29, 1.82) is 0 Å². The largest absolute Gasteiger partial charge is 0.433 e. The van der Waals surface area contributed by atoms with Gasteiger partial charge in [0.25, 0.3) is 5.91 Å². The maximum absolute atomic E-state index is 12.7. The molecule has 0 aliphatic rings. The summed E-state index contributed by atoms with van der Waals surface area (Å²) >= 11 is 0. The van der Waals surface area contributed by atoms with Crippen LogP contribution in [0.1, 0.15) is 27.4 Å². The van der Waals surface area contributed by atoms with E-state index in [1.54, 1.807) is 13.8 Å². The Morgan fingerprint density at radius 1 is 1.30 bits per heavy atom. The molecule has 0 atom stereocenters. The Morgan fingerprint density at radius 2 is 1.95 bits per heavy atom. The Bertz CT molecular complexity index is 676. The molecule has 0 aliphatic heterocycles. The summed E-state index contributed by atoms with van der Waals surface area (Å²) in [6.45, 7) is 3.36. The first-order chi connectivity index (χ1) is 9.21. The summed E-state index contributed by atoms with van der Waals surface area (Å²) in [5, 5.41) is 0. The maximum atomic E-state index is 12.7. The normalized spacial score (nSPS) is 11.7. The molecule has 0 aliphatic carbocycles. The molecule has 0 saturated heterocycles. The van der Waals surface area contributed by atoms with Crippen molar-refractivity contribution in [3.8, 4) is 5.82 Å². The Hall–Kier alpha value is -2.38. The molecule has 2 aromatic heterocycles. The summed E-state index contributed by atoms with van der Waals surface area (Å²) in [6, 6.07) is 1.74. The summed E-state index contributed by atoms with van der Waals surface area (Å²) in [4.78, 5) is 18.8. The van der Waals surface area contributed by atoms with Crippen molar-refractivity contribution in [2.45, 2.75) is 20.0 Å². The number of alkyl halides is 3. The molecule has 106 valence electrons. The summed E-state index contributed by atoms with van der Waals surface area (Å²) in [5.74, 6) is -1.03.